The van der Waals surface area contributed by atoms with Gasteiger partial charge in [0.2, 0.25) is 0 Å². The maximum Gasteiger partial charge on any atom is 0.410 e. The number of hydrogen-bond acceptors (Lipinski definition) is 6. The van der Waals surface area contributed by atoms with E-state index in [4.69, 9.17) is 21.3 Å². The third-order valence-corrected chi connectivity index (χ3v) is 7.07. The van der Waals surface area contributed by atoms with Crippen LogP contribution in [0, 0.1) is 28.4 Å². The number of carbonyl (C=O) groups excluding carboxylic acids is 1. The summed E-state index contributed by atoms with van der Waals surface area (Å²) in [5.74, 6) is -1.32. The first kappa shape index (κ1) is 29.1. The Balaban J connectivity index is 1.87. The zero-order valence-electron chi connectivity index (χ0n) is 22.3. The lowest BCUT2D eigenvalue weighted by Gasteiger charge is -2.32. The van der Waals surface area contributed by atoms with Gasteiger partial charge in [0.25, 0.3) is 0 Å². The van der Waals surface area contributed by atoms with E-state index in [0.717, 1.165) is 12.1 Å². The molecule has 1 aromatic heterocycles. The van der Waals surface area contributed by atoms with Gasteiger partial charge >= 0.3 is 6.09 Å². The van der Waals surface area contributed by atoms with E-state index in [-0.39, 0.29) is 40.7 Å². The van der Waals surface area contributed by atoms with Crippen LogP contribution >= 0.6 is 11.3 Å². The first-order valence-corrected chi connectivity index (χ1v) is 13.2. The second-order valence-electron chi connectivity index (χ2n) is 10.4. The Morgan fingerprint density at radius 1 is 1.24 bits per heavy atom. The fraction of sp³-hybridized carbons (Fsp3) is 0.444. The Hall–Kier alpha value is -3.47. The number of allylic oxidation sites excluding steroid dienone is 1. The lowest BCUT2D eigenvalue weighted by Crippen LogP contribution is -2.41. The van der Waals surface area contributed by atoms with Crippen molar-refractivity contribution < 1.29 is 18.3 Å². The summed E-state index contributed by atoms with van der Waals surface area (Å²) in [7, 11) is 0. The number of rotatable bonds is 6. The minimum absolute atomic E-state index is 0.000199. The smallest absolute Gasteiger partial charge is 0.410 e. The van der Waals surface area contributed by atoms with E-state index in [1.807, 2.05) is 34.6 Å². The normalized spacial score (nSPS) is 15.4. The van der Waals surface area contributed by atoms with Gasteiger partial charge in [-0.05, 0) is 57.9 Å². The van der Waals surface area contributed by atoms with Crippen molar-refractivity contribution in [3.05, 3.63) is 51.9 Å². The maximum absolute atomic E-state index is 14.8. The Morgan fingerprint density at radius 2 is 1.89 bits per heavy atom. The number of benzene rings is 1. The second-order valence-corrected chi connectivity index (χ2v) is 11.4. The molecule has 38 heavy (non-hydrogen) atoms. The second kappa shape index (κ2) is 11.9. The van der Waals surface area contributed by atoms with Crippen LogP contribution in [0.1, 0.15) is 63.3 Å². The molecule has 1 aromatic carbocycles. The van der Waals surface area contributed by atoms with Gasteiger partial charge in [-0.15, -0.1) is 11.3 Å². The van der Waals surface area contributed by atoms with Gasteiger partial charge in [-0.3, -0.25) is 10.8 Å². The average Bonchev–Trinajstić information content (AvgIpc) is 3.26. The number of amides is 1. The van der Waals surface area contributed by atoms with Crippen LogP contribution < -0.4 is 5.73 Å². The molecule has 3 rings (SSSR count). The SMILES string of the molecule is CC(C)C(N)=NC(=N)/C=C\C(=N)c1sc(C2CCN(C(=O)OC(C)(C)C)CC2)nc1-c1ccc(F)cc1F. The fourth-order valence-corrected chi connectivity index (χ4v) is 4.92. The quantitative estimate of drug-likeness (QED) is 0.299. The number of nitrogens with one attached hydrogen (secondary N) is 2. The van der Waals surface area contributed by atoms with Crippen LogP contribution in [0.25, 0.3) is 11.3 Å². The first-order valence-electron chi connectivity index (χ1n) is 12.4. The summed E-state index contributed by atoms with van der Waals surface area (Å²) in [6, 6.07) is 3.25. The number of halogens is 2. The van der Waals surface area contributed by atoms with Crippen LogP contribution in [0.15, 0.2) is 35.3 Å². The van der Waals surface area contributed by atoms with Crippen molar-refractivity contribution in [3.63, 3.8) is 0 Å². The summed E-state index contributed by atoms with van der Waals surface area (Å²) < 4.78 is 33.8. The van der Waals surface area contributed by atoms with Crippen molar-refractivity contribution in [1.82, 2.24) is 9.88 Å². The third-order valence-electron chi connectivity index (χ3n) is 5.82. The van der Waals surface area contributed by atoms with Gasteiger partial charge in [0.1, 0.15) is 28.9 Å². The number of nitrogens with zero attached hydrogens (tertiary/aromatic N) is 3. The zero-order chi connectivity index (χ0) is 28.2. The van der Waals surface area contributed by atoms with E-state index in [0.29, 0.717) is 41.7 Å². The first-order chi connectivity index (χ1) is 17.7. The van der Waals surface area contributed by atoms with Crippen molar-refractivity contribution in [3.8, 4) is 11.3 Å². The number of ether oxygens (including phenoxy) is 1. The number of nitrogens with two attached hydrogens (primary N) is 1. The summed E-state index contributed by atoms with van der Waals surface area (Å²) in [6.45, 7) is 10.2. The van der Waals surface area contributed by atoms with E-state index < -0.39 is 17.2 Å². The van der Waals surface area contributed by atoms with Gasteiger partial charge in [0.15, 0.2) is 0 Å². The summed E-state index contributed by atoms with van der Waals surface area (Å²) >= 11 is 1.26. The number of hydrogen-bond donors (Lipinski definition) is 3. The summed E-state index contributed by atoms with van der Waals surface area (Å²) in [4.78, 5) is 23.2. The highest BCUT2D eigenvalue weighted by Gasteiger charge is 2.30. The van der Waals surface area contributed by atoms with Crippen LogP contribution in [-0.4, -0.2) is 52.1 Å². The molecule has 0 aliphatic carbocycles. The van der Waals surface area contributed by atoms with Gasteiger partial charge in [-0.1, -0.05) is 13.8 Å². The Kier molecular flexibility index (Phi) is 9.14. The fourth-order valence-electron chi connectivity index (χ4n) is 3.74. The van der Waals surface area contributed by atoms with Crippen LogP contribution in [-0.2, 0) is 4.74 Å². The molecule has 0 saturated carbocycles. The highest BCUT2D eigenvalue weighted by molar-refractivity contribution is 7.14. The average molecular weight is 545 g/mol. The largest absolute Gasteiger partial charge is 0.444 e. The molecule has 8 nitrogen and oxygen atoms in total. The Morgan fingerprint density at radius 3 is 2.47 bits per heavy atom. The molecular weight excluding hydrogens is 510 g/mol. The monoisotopic (exact) mass is 544 g/mol. The summed E-state index contributed by atoms with van der Waals surface area (Å²) in [6.07, 6.45) is 3.65. The van der Waals surface area contributed by atoms with Gasteiger partial charge in [-0.25, -0.2) is 23.6 Å². The van der Waals surface area contributed by atoms with Crippen LogP contribution in [0.2, 0.25) is 0 Å². The lowest BCUT2D eigenvalue weighted by atomic mass is 9.97. The van der Waals surface area contributed by atoms with Crippen LogP contribution in [0.3, 0.4) is 0 Å². The van der Waals surface area contributed by atoms with E-state index >= 15 is 0 Å². The molecular formula is C27H34F2N6O2S. The highest BCUT2D eigenvalue weighted by Crippen LogP contribution is 2.38. The molecule has 4 N–H and O–H groups in total. The maximum atomic E-state index is 14.8. The number of aliphatic imine (C=N–C) groups is 1. The van der Waals surface area contributed by atoms with Crippen molar-refractivity contribution in [2.24, 2.45) is 16.6 Å². The molecule has 2 aromatic rings. The molecule has 2 heterocycles. The molecule has 1 aliphatic rings. The highest BCUT2D eigenvalue weighted by atomic mass is 32.1. The Labute approximate surface area is 225 Å². The van der Waals surface area contributed by atoms with Gasteiger partial charge in [0.05, 0.1) is 21.3 Å². The van der Waals surface area contributed by atoms with Crippen LogP contribution in [0.4, 0.5) is 13.6 Å². The summed E-state index contributed by atoms with van der Waals surface area (Å²) in [5.41, 5.74) is 5.58. The third kappa shape index (κ3) is 7.53. The predicted octanol–water partition coefficient (Wildman–Crippen LogP) is 6.12. The molecule has 0 radical (unpaired) electrons. The van der Waals surface area contributed by atoms with Gasteiger partial charge < -0.3 is 15.4 Å². The van der Waals surface area contributed by atoms with Crippen molar-refractivity contribution in [2.45, 2.75) is 59.0 Å². The zero-order valence-corrected chi connectivity index (χ0v) is 23.1. The standard InChI is InChI=1S/C27H34F2N6O2S/c1-15(2)24(32)33-21(31)9-8-20(30)23-22(18-7-6-17(28)14-19(18)29)34-25(38-23)16-10-12-35(13-11-16)26(36)37-27(3,4)5/h6-9,14-16,30H,10-13H2,1-5H3,(H3,31,32,33)/b9-8-,30-20?. The topological polar surface area (TPSA) is 129 Å². The van der Waals surface area contributed by atoms with E-state index in [9.17, 15) is 13.6 Å². The molecule has 0 bridgehead atoms. The van der Waals surface area contributed by atoms with Gasteiger partial charge in [-0.2, -0.15) is 0 Å². The number of carbonyl (C=O) groups is 1. The molecule has 1 fully saturated rings. The molecule has 0 spiro atoms. The van der Waals surface area contributed by atoms with E-state index in [2.05, 4.69) is 9.98 Å². The molecule has 204 valence electrons. The molecule has 1 amide bonds. The number of aromatic nitrogens is 1. The van der Waals surface area contributed by atoms with E-state index in [1.54, 1.807) is 4.90 Å². The van der Waals surface area contributed by atoms with Crippen molar-refractivity contribution in [2.75, 3.05) is 13.1 Å². The molecule has 0 atom stereocenters. The minimum Gasteiger partial charge on any atom is -0.444 e. The number of likely N-dealkylation sites (tertiary alicyclic amines) is 1. The van der Waals surface area contributed by atoms with Crippen molar-refractivity contribution in [1.29, 1.82) is 10.8 Å². The van der Waals surface area contributed by atoms with Crippen LogP contribution in [0.5, 0.6) is 0 Å². The number of piperidine rings is 1. The Bertz CT molecular complexity index is 1270. The van der Waals surface area contributed by atoms with Gasteiger partial charge in [0, 0.05) is 36.6 Å². The summed E-state index contributed by atoms with van der Waals surface area (Å²) in [5, 5.41) is 17.3. The molecule has 11 heteroatoms. The molecule has 1 saturated heterocycles. The predicted molar refractivity (Wildman–Crippen MR) is 147 cm³/mol. The van der Waals surface area contributed by atoms with Crippen molar-refractivity contribution >= 4 is 34.8 Å². The minimum atomic E-state index is -0.776. The number of thiazole rings is 1. The molecule has 1 aliphatic heterocycles. The number of amidine groups is 2. The lowest BCUT2D eigenvalue weighted by molar-refractivity contribution is 0.0205. The van der Waals surface area contributed by atoms with E-state index in [1.165, 1.54) is 29.6 Å². The molecule has 0 unspecified atom stereocenters.